The Morgan fingerprint density at radius 1 is 0.882 bits per heavy atom. The van der Waals surface area contributed by atoms with Crippen LogP contribution in [0, 0.1) is 0 Å². The van der Waals surface area contributed by atoms with E-state index in [1.54, 1.807) is 17.0 Å². The highest BCUT2D eigenvalue weighted by molar-refractivity contribution is 5.91. The summed E-state index contributed by atoms with van der Waals surface area (Å²) in [6, 6.07) is 22.4. The maximum Gasteiger partial charge on any atom is 0.339 e. The van der Waals surface area contributed by atoms with Crippen molar-refractivity contribution in [2.75, 3.05) is 13.2 Å². The Morgan fingerprint density at radius 3 is 2.26 bits per heavy atom. The molecule has 0 atom stereocenters. The summed E-state index contributed by atoms with van der Waals surface area (Å²) in [6.07, 6.45) is 0. The topological polar surface area (TPSA) is 76.1 Å². The lowest BCUT2D eigenvalue weighted by molar-refractivity contribution is -0.134. The first-order chi connectivity index (χ1) is 16.4. The van der Waals surface area contributed by atoms with E-state index < -0.39 is 5.97 Å². The molecule has 3 rings (SSSR count). The fourth-order valence-corrected chi connectivity index (χ4v) is 3.60. The van der Waals surface area contributed by atoms with E-state index in [2.05, 4.69) is 0 Å². The molecule has 34 heavy (non-hydrogen) atoms. The van der Waals surface area contributed by atoms with Crippen LogP contribution in [0.15, 0.2) is 72.8 Å². The van der Waals surface area contributed by atoms with Gasteiger partial charge in [0.15, 0.2) is 6.61 Å². The molecule has 0 radical (unpaired) electrons. The number of hydrogen-bond donors (Lipinski definition) is 1. The van der Waals surface area contributed by atoms with Gasteiger partial charge in [0.1, 0.15) is 17.1 Å². The molecule has 0 bridgehead atoms. The van der Waals surface area contributed by atoms with Gasteiger partial charge in [0.2, 0.25) is 0 Å². The lowest BCUT2D eigenvalue weighted by Crippen LogP contribution is -2.34. The van der Waals surface area contributed by atoms with Gasteiger partial charge in [-0.15, -0.1) is 0 Å². The molecular weight excluding hydrogens is 430 g/mol. The third-order valence-electron chi connectivity index (χ3n) is 5.45. The second kappa shape index (κ2) is 11.9. The number of rotatable bonds is 11. The van der Waals surface area contributed by atoms with E-state index in [9.17, 15) is 14.7 Å². The lowest BCUT2D eigenvalue weighted by atomic mass is 10.0. The number of carbonyl (C=O) groups excluding carboxylic acids is 1. The molecule has 0 saturated heterocycles. The van der Waals surface area contributed by atoms with E-state index in [0.717, 1.165) is 22.4 Å². The second-order valence-corrected chi connectivity index (χ2v) is 8.28. The van der Waals surface area contributed by atoms with Gasteiger partial charge >= 0.3 is 5.97 Å². The van der Waals surface area contributed by atoms with Crippen molar-refractivity contribution in [3.8, 4) is 11.5 Å². The van der Waals surface area contributed by atoms with Crippen LogP contribution in [0.5, 0.6) is 11.5 Å². The summed E-state index contributed by atoms with van der Waals surface area (Å²) in [7, 11) is 0. The Hall–Kier alpha value is -3.80. The highest BCUT2D eigenvalue weighted by Gasteiger charge is 2.20. The van der Waals surface area contributed by atoms with Crippen LogP contribution < -0.4 is 9.47 Å². The maximum absolute atomic E-state index is 13.3. The number of benzene rings is 3. The molecule has 0 fully saturated rings. The van der Waals surface area contributed by atoms with Gasteiger partial charge in [-0.05, 0) is 42.2 Å². The molecule has 0 aliphatic heterocycles. The SMILES string of the molecule is CCOc1ccccc1CN(Cc1ccccc1)C(=O)COc1ccc(C(C)C)cc1C(=O)O. The summed E-state index contributed by atoms with van der Waals surface area (Å²) in [6.45, 7) is 6.89. The van der Waals surface area contributed by atoms with Gasteiger partial charge in [-0.2, -0.15) is 0 Å². The van der Waals surface area contributed by atoms with Crippen molar-refractivity contribution in [2.24, 2.45) is 0 Å². The molecule has 0 aliphatic rings. The fraction of sp³-hybridized carbons (Fsp3) is 0.286. The molecule has 0 heterocycles. The highest BCUT2D eigenvalue weighted by Crippen LogP contribution is 2.25. The van der Waals surface area contributed by atoms with Gasteiger partial charge in [0.05, 0.1) is 6.61 Å². The minimum atomic E-state index is -1.09. The van der Waals surface area contributed by atoms with Crippen molar-refractivity contribution in [3.63, 3.8) is 0 Å². The van der Waals surface area contributed by atoms with Crippen LogP contribution in [0.1, 0.15) is 53.7 Å². The van der Waals surface area contributed by atoms with Crippen LogP contribution in [0.2, 0.25) is 0 Å². The number of nitrogens with zero attached hydrogens (tertiary/aromatic N) is 1. The summed E-state index contributed by atoms with van der Waals surface area (Å²) in [4.78, 5) is 26.7. The molecule has 1 amide bonds. The molecule has 0 saturated carbocycles. The van der Waals surface area contributed by atoms with Gasteiger partial charge in [-0.1, -0.05) is 68.4 Å². The normalized spacial score (nSPS) is 10.7. The average molecular weight is 462 g/mol. The van der Waals surface area contributed by atoms with Crippen molar-refractivity contribution in [2.45, 2.75) is 39.8 Å². The third kappa shape index (κ3) is 6.61. The number of carboxylic acids is 1. The summed E-state index contributed by atoms with van der Waals surface area (Å²) in [5, 5.41) is 9.63. The molecule has 1 N–H and O–H groups in total. The number of aromatic carboxylic acids is 1. The van der Waals surface area contributed by atoms with E-state index in [1.807, 2.05) is 81.4 Å². The van der Waals surface area contributed by atoms with E-state index in [4.69, 9.17) is 9.47 Å². The monoisotopic (exact) mass is 461 g/mol. The Bertz CT molecular complexity index is 1110. The lowest BCUT2D eigenvalue weighted by Gasteiger charge is -2.24. The molecule has 178 valence electrons. The number of para-hydroxylation sites is 1. The summed E-state index contributed by atoms with van der Waals surface area (Å²) in [5.74, 6) is -0.245. The minimum absolute atomic E-state index is 0.0512. The smallest absolute Gasteiger partial charge is 0.339 e. The first-order valence-corrected chi connectivity index (χ1v) is 11.4. The summed E-state index contributed by atoms with van der Waals surface area (Å²) in [5.41, 5.74) is 2.82. The largest absolute Gasteiger partial charge is 0.494 e. The molecule has 0 spiro atoms. The Labute approximate surface area is 200 Å². The molecule has 0 aliphatic carbocycles. The van der Waals surface area contributed by atoms with Gasteiger partial charge in [-0.25, -0.2) is 4.79 Å². The molecular formula is C28H31NO5. The number of ether oxygens (including phenoxy) is 2. The molecule has 6 nitrogen and oxygen atoms in total. The first-order valence-electron chi connectivity index (χ1n) is 11.4. The van der Waals surface area contributed by atoms with Crippen LogP contribution in [0.3, 0.4) is 0 Å². The van der Waals surface area contributed by atoms with Gasteiger partial charge < -0.3 is 19.5 Å². The van der Waals surface area contributed by atoms with E-state index in [0.29, 0.717) is 19.7 Å². The first kappa shape index (κ1) is 24.8. The zero-order chi connectivity index (χ0) is 24.5. The zero-order valence-corrected chi connectivity index (χ0v) is 19.9. The van der Waals surface area contributed by atoms with Crippen LogP contribution in [-0.2, 0) is 17.9 Å². The molecule has 0 aromatic heterocycles. The standard InChI is InChI=1S/C28H31NO5/c1-4-33-25-13-9-8-12-23(25)18-29(17-21-10-6-5-7-11-21)27(30)19-34-26-15-14-22(20(2)3)16-24(26)28(31)32/h5-16,20H,4,17-19H2,1-3H3,(H,31,32). The van der Waals surface area contributed by atoms with E-state index in [1.165, 1.54) is 0 Å². The molecule has 0 unspecified atom stereocenters. The zero-order valence-electron chi connectivity index (χ0n) is 19.9. The molecule has 6 heteroatoms. The number of hydrogen-bond acceptors (Lipinski definition) is 4. The molecule has 3 aromatic rings. The number of carboxylic acid groups (broad SMARTS) is 1. The van der Waals surface area contributed by atoms with Crippen LogP contribution in [-0.4, -0.2) is 35.1 Å². The Kier molecular flexibility index (Phi) is 8.68. The fourth-order valence-electron chi connectivity index (χ4n) is 3.60. The van der Waals surface area contributed by atoms with Gasteiger partial charge in [0.25, 0.3) is 5.91 Å². The second-order valence-electron chi connectivity index (χ2n) is 8.28. The van der Waals surface area contributed by atoms with Crippen LogP contribution in [0.4, 0.5) is 0 Å². The van der Waals surface area contributed by atoms with Crippen molar-refractivity contribution in [1.82, 2.24) is 4.90 Å². The van der Waals surface area contributed by atoms with Crippen LogP contribution >= 0.6 is 0 Å². The van der Waals surface area contributed by atoms with Gasteiger partial charge in [0, 0.05) is 18.7 Å². The minimum Gasteiger partial charge on any atom is -0.494 e. The van der Waals surface area contributed by atoms with E-state index >= 15 is 0 Å². The summed E-state index contributed by atoms with van der Waals surface area (Å²) >= 11 is 0. The highest BCUT2D eigenvalue weighted by atomic mass is 16.5. The average Bonchev–Trinajstić information content (AvgIpc) is 2.83. The van der Waals surface area contributed by atoms with Gasteiger partial charge in [-0.3, -0.25) is 4.79 Å². The quantitative estimate of drug-likeness (QED) is 0.407. The van der Waals surface area contributed by atoms with Crippen molar-refractivity contribution in [3.05, 3.63) is 95.1 Å². The van der Waals surface area contributed by atoms with Crippen molar-refractivity contribution in [1.29, 1.82) is 0 Å². The predicted octanol–water partition coefficient (Wildman–Crippen LogP) is 5.51. The maximum atomic E-state index is 13.3. The Morgan fingerprint density at radius 2 is 1.59 bits per heavy atom. The Balaban J connectivity index is 1.81. The van der Waals surface area contributed by atoms with Crippen molar-refractivity contribution >= 4 is 11.9 Å². The van der Waals surface area contributed by atoms with Crippen LogP contribution in [0.25, 0.3) is 0 Å². The summed E-state index contributed by atoms with van der Waals surface area (Å²) < 4.78 is 11.5. The number of carbonyl (C=O) groups is 2. The molecule has 3 aromatic carbocycles. The third-order valence-corrected chi connectivity index (χ3v) is 5.45. The van der Waals surface area contributed by atoms with Crippen molar-refractivity contribution < 1.29 is 24.2 Å². The number of amides is 1. The van der Waals surface area contributed by atoms with E-state index in [-0.39, 0.29) is 29.7 Å². The predicted molar refractivity (Wildman–Crippen MR) is 131 cm³/mol.